The minimum Gasteiger partial charge on any atom is -0.294 e. The van der Waals surface area contributed by atoms with E-state index in [1.807, 2.05) is 72.8 Å². The molecule has 7 nitrogen and oxygen atoms in total. The van der Waals surface area contributed by atoms with Gasteiger partial charge in [0.1, 0.15) is 11.6 Å². The summed E-state index contributed by atoms with van der Waals surface area (Å²) in [5, 5.41) is 41.9. The lowest BCUT2D eigenvalue weighted by molar-refractivity contribution is -0.143. The number of rotatable bonds is 5. The summed E-state index contributed by atoms with van der Waals surface area (Å²) in [6.07, 6.45) is -10.2. The number of hydrogen-bond donors (Lipinski definition) is 0. The quantitative estimate of drug-likeness (QED) is 0.160. The van der Waals surface area contributed by atoms with Gasteiger partial charge in [-0.05, 0) is 124 Å². The molecule has 66 heavy (non-hydrogen) atoms. The second-order valence-corrected chi connectivity index (χ2v) is 15.5. The fourth-order valence-corrected chi connectivity index (χ4v) is 8.71. The third-order valence-electron chi connectivity index (χ3n) is 11.7. The Morgan fingerprint density at radius 3 is 1.20 bits per heavy atom. The fourth-order valence-electron chi connectivity index (χ4n) is 8.71. The molecule has 3 aromatic heterocycles. The molecular weight excluding hydrogens is 849 g/mol. The Labute approximate surface area is 370 Å². The van der Waals surface area contributed by atoms with E-state index in [1.54, 1.807) is 57.7 Å². The first-order valence-corrected chi connectivity index (χ1v) is 20.1. The number of fused-ring (bicyclic) bond motifs is 6. The highest BCUT2D eigenvalue weighted by Gasteiger charge is 2.37. The largest absolute Gasteiger partial charge is 0.416 e. The molecule has 0 saturated carbocycles. The molecule has 7 aromatic carbocycles. The number of nitriles is 4. The molecule has 0 aliphatic heterocycles. The van der Waals surface area contributed by atoms with Crippen LogP contribution in [0, 0.1) is 45.3 Å². The first-order valence-electron chi connectivity index (χ1n) is 20.1. The molecule has 0 N–H and O–H groups in total. The maximum atomic E-state index is 14.4. The lowest BCUT2D eigenvalue weighted by Crippen LogP contribution is -2.11. The first kappa shape index (κ1) is 40.9. The average molecular weight is 874 g/mol. The SMILES string of the molecule is N#Cc1ccc(-c2ccc3c(c2)c2ccccc2n3-c2cc(-c3cc(C(F)(F)F)cc(C(F)(F)F)c3)cc(-n3c4ccccc4c4cc(-c5ccc(C#N)cc5C#N)ccc43)n2)c(C#N)c1. The van der Waals surface area contributed by atoms with Gasteiger partial charge >= 0.3 is 12.4 Å². The predicted octanol–water partition coefficient (Wildman–Crippen LogP) is 13.8. The molecule has 0 fully saturated rings. The number of halogens is 6. The highest BCUT2D eigenvalue weighted by atomic mass is 19.4. The highest BCUT2D eigenvalue weighted by molar-refractivity contribution is 6.12. The van der Waals surface area contributed by atoms with Gasteiger partial charge < -0.3 is 0 Å². The van der Waals surface area contributed by atoms with Gasteiger partial charge in [0.05, 0.1) is 79.7 Å². The number of aromatic nitrogens is 3. The predicted molar refractivity (Wildman–Crippen MR) is 238 cm³/mol. The lowest BCUT2D eigenvalue weighted by Gasteiger charge is -2.17. The summed E-state index contributed by atoms with van der Waals surface area (Å²) in [5.41, 5.74) is 2.92. The van der Waals surface area contributed by atoms with Crippen molar-refractivity contribution in [3.63, 3.8) is 0 Å². The van der Waals surface area contributed by atoms with Crippen LogP contribution in [-0.2, 0) is 12.4 Å². The van der Waals surface area contributed by atoms with Crippen molar-refractivity contribution in [3.8, 4) is 69.3 Å². The van der Waals surface area contributed by atoms with Crippen molar-refractivity contribution in [1.29, 1.82) is 21.0 Å². The number of hydrogen-bond acceptors (Lipinski definition) is 5. The van der Waals surface area contributed by atoms with E-state index in [0.717, 1.165) is 10.8 Å². The summed E-state index contributed by atoms with van der Waals surface area (Å²) in [6, 6.07) is 48.2. The topological polar surface area (TPSA) is 118 Å². The Bertz CT molecular complexity index is 3620. The van der Waals surface area contributed by atoms with Crippen molar-refractivity contribution in [2.24, 2.45) is 0 Å². The molecule has 0 aliphatic rings. The van der Waals surface area contributed by atoms with Crippen molar-refractivity contribution in [1.82, 2.24) is 14.1 Å². The molecule has 0 atom stereocenters. The van der Waals surface area contributed by atoms with Crippen LogP contribution in [0.4, 0.5) is 26.3 Å². The molecule has 0 unspecified atom stereocenters. The van der Waals surface area contributed by atoms with Crippen LogP contribution in [0.3, 0.4) is 0 Å². The number of pyridine rings is 1. The van der Waals surface area contributed by atoms with Crippen LogP contribution in [0.1, 0.15) is 33.4 Å². The van der Waals surface area contributed by atoms with Crippen LogP contribution < -0.4 is 0 Å². The minimum absolute atomic E-state index is 0.0178. The summed E-state index contributed by atoms with van der Waals surface area (Å²) in [7, 11) is 0. The highest BCUT2D eigenvalue weighted by Crippen LogP contribution is 2.42. The maximum Gasteiger partial charge on any atom is 0.416 e. The standard InChI is InChI=1S/C53H25F6N7/c54-52(55,56)38-19-34(20-39(25-38)53(57,58)59)35-23-50(65-46-7-3-1-5-42(46)44-21-32(11-15-48(44)65)40-13-9-30(26-60)17-36(40)28-62)64-51(24-35)66-47-8-4-2-6-43(47)45-22-33(12-16-49(45)66)41-14-10-31(27-61)18-37(41)29-63/h1-25H. The van der Waals surface area contributed by atoms with Crippen molar-refractivity contribution in [2.45, 2.75) is 12.4 Å². The minimum atomic E-state index is -5.11. The third kappa shape index (κ3) is 6.80. The number of para-hydroxylation sites is 2. The van der Waals surface area contributed by atoms with Crippen LogP contribution in [0.15, 0.2) is 152 Å². The van der Waals surface area contributed by atoms with Gasteiger partial charge in [-0.3, -0.25) is 9.13 Å². The first-order chi connectivity index (χ1) is 31.8. The van der Waals surface area contributed by atoms with Crippen LogP contribution in [-0.4, -0.2) is 14.1 Å². The zero-order valence-corrected chi connectivity index (χ0v) is 33.8. The molecule has 0 aliphatic carbocycles. The van der Waals surface area contributed by atoms with Crippen LogP contribution in [0.5, 0.6) is 0 Å². The Morgan fingerprint density at radius 2 is 0.788 bits per heavy atom. The van der Waals surface area contributed by atoms with E-state index < -0.39 is 23.5 Å². The Kier molecular flexibility index (Phi) is 9.46. The average Bonchev–Trinajstić information content (AvgIpc) is 3.85. The van der Waals surface area contributed by atoms with Gasteiger partial charge in [-0.25, -0.2) is 4.98 Å². The van der Waals surface area contributed by atoms with Gasteiger partial charge in [0.2, 0.25) is 0 Å². The van der Waals surface area contributed by atoms with Gasteiger partial charge in [0.15, 0.2) is 0 Å². The molecule has 0 spiro atoms. The van der Waals surface area contributed by atoms with Gasteiger partial charge in [-0.15, -0.1) is 0 Å². The summed E-state index contributed by atoms with van der Waals surface area (Å²) in [4.78, 5) is 5.17. The van der Waals surface area contributed by atoms with E-state index in [-0.39, 0.29) is 40.0 Å². The number of nitrogens with zero attached hydrogens (tertiary/aromatic N) is 7. The Hall–Kier alpha value is -9.17. The monoisotopic (exact) mass is 873 g/mol. The third-order valence-corrected chi connectivity index (χ3v) is 11.7. The fraction of sp³-hybridized carbons (Fsp3) is 0.0377. The second-order valence-electron chi connectivity index (χ2n) is 15.5. The van der Waals surface area contributed by atoms with Crippen molar-refractivity contribution in [3.05, 3.63) is 185 Å². The molecule has 10 rings (SSSR count). The van der Waals surface area contributed by atoms with Crippen molar-refractivity contribution in [2.75, 3.05) is 0 Å². The van der Waals surface area contributed by atoms with Crippen LogP contribution in [0.2, 0.25) is 0 Å². The van der Waals surface area contributed by atoms with Crippen LogP contribution in [0.25, 0.3) is 88.6 Å². The zero-order chi connectivity index (χ0) is 46.1. The summed E-state index contributed by atoms with van der Waals surface area (Å²) < 4.78 is 89.9. The van der Waals surface area contributed by atoms with Gasteiger partial charge in [-0.1, -0.05) is 60.7 Å². The molecule has 0 amide bonds. The Balaban J connectivity index is 1.27. The normalized spacial score (nSPS) is 11.7. The molecule has 314 valence electrons. The van der Waals surface area contributed by atoms with E-state index in [2.05, 4.69) is 12.1 Å². The van der Waals surface area contributed by atoms with E-state index in [9.17, 15) is 47.4 Å². The molecule has 0 radical (unpaired) electrons. The maximum absolute atomic E-state index is 14.4. The van der Waals surface area contributed by atoms with E-state index in [1.165, 1.54) is 24.3 Å². The van der Waals surface area contributed by atoms with E-state index >= 15 is 0 Å². The Morgan fingerprint density at radius 1 is 0.379 bits per heavy atom. The zero-order valence-electron chi connectivity index (χ0n) is 33.8. The number of alkyl halides is 6. The molecular formula is C53H25F6N7. The summed E-state index contributed by atoms with van der Waals surface area (Å²) >= 11 is 0. The van der Waals surface area contributed by atoms with Crippen LogP contribution >= 0.6 is 0 Å². The summed E-state index contributed by atoms with van der Waals surface area (Å²) in [6.45, 7) is 0. The van der Waals surface area contributed by atoms with Gasteiger partial charge in [0.25, 0.3) is 0 Å². The molecule has 0 saturated heterocycles. The smallest absolute Gasteiger partial charge is 0.294 e. The van der Waals surface area contributed by atoms with E-state index in [4.69, 9.17) is 4.98 Å². The van der Waals surface area contributed by atoms with Crippen molar-refractivity contribution >= 4 is 43.6 Å². The molecule has 0 bridgehead atoms. The second kappa shape index (κ2) is 15.3. The molecule has 10 aromatic rings. The summed E-state index contributed by atoms with van der Waals surface area (Å²) in [5.74, 6) is 0.365. The lowest BCUT2D eigenvalue weighted by atomic mass is 9.97. The van der Waals surface area contributed by atoms with Gasteiger partial charge in [-0.2, -0.15) is 47.4 Å². The van der Waals surface area contributed by atoms with Gasteiger partial charge in [0, 0.05) is 21.5 Å². The number of benzene rings is 7. The van der Waals surface area contributed by atoms with E-state index in [0.29, 0.717) is 78.4 Å². The molecule has 13 heteroatoms. The van der Waals surface area contributed by atoms with Crippen molar-refractivity contribution < 1.29 is 26.3 Å². The molecule has 3 heterocycles.